The van der Waals surface area contributed by atoms with Gasteiger partial charge in [0.2, 0.25) is 0 Å². The number of aryl methyl sites for hydroxylation is 1. The summed E-state index contributed by atoms with van der Waals surface area (Å²) in [5, 5.41) is 0. The third-order valence-electron chi connectivity index (χ3n) is 3.46. The molecule has 2 aromatic rings. The Bertz CT molecular complexity index is 791. The van der Waals surface area contributed by atoms with Crippen LogP contribution in [0.3, 0.4) is 0 Å². The number of hydrogen-bond donors (Lipinski definition) is 2. The Kier molecular flexibility index (Phi) is 7.67. The number of ether oxygens (including phenoxy) is 2. The van der Waals surface area contributed by atoms with Crippen LogP contribution in [0.4, 0.5) is 0 Å². The number of halogens is 1. The zero-order valence-electron chi connectivity index (χ0n) is 15.5. The molecule has 0 saturated carbocycles. The van der Waals surface area contributed by atoms with Crippen LogP contribution in [0.5, 0.6) is 11.5 Å². The molecule has 0 aliphatic heterocycles. The molecule has 0 atom stereocenters. The van der Waals surface area contributed by atoms with Crippen molar-refractivity contribution >= 4 is 27.7 Å². The average Bonchev–Trinajstić information content (AvgIpc) is 2.64. The number of carbonyl (C=O) groups excluding carboxylic acids is 2. The van der Waals surface area contributed by atoms with Crippen molar-refractivity contribution in [2.75, 3.05) is 13.2 Å². The molecule has 0 fully saturated rings. The molecule has 2 amide bonds. The van der Waals surface area contributed by atoms with E-state index in [1.165, 1.54) is 0 Å². The van der Waals surface area contributed by atoms with E-state index in [-0.39, 0.29) is 6.61 Å². The number of rotatable bonds is 7. The molecule has 27 heavy (non-hydrogen) atoms. The van der Waals surface area contributed by atoms with Gasteiger partial charge in [0.15, 0.2) is 6.61 Å². The minimum Gasteiger partial charge on any atom is -0.492 e. The van der Waals surface area contributed by atoms with E-state index >= 15 is 0 Å². The second-order valence-electron chi connectivity index (χ2n) is 6.45. The van der Waals surface area contributed by atoms with E-state index < -0.39 is 11.8 Å². The lowest BCUT2D eigenvalue weighted by molar-refractivity contribution is -0.123. The molecule has 0 heterocycles. The zero-order valence-corrected chi connectivity index (χ0v) is 17.1. The minimum atomic E-state index is -0.473. The van der Waals surface area contributed by atoms with Crippen LogP contribution in [-0.4, -0.2) is 25.0 Å². The van der Waals surface area contributed by atoms with E-state index in [4.69, 9.17) is 9.47 Å². The second-order valence-corrected chi connectivity index (χ2v) is 7.37. The van der Waals surface area contributed by atoms with Crippen LogP contribution in [-0.2, 0) is 4.79 Å². The van der Waals surface area contributed by atoms with Gasteiger partial charge in [0, 0.05) is 4.47 Å². The number of hydrazine groups is 1. The van der Waals surface area contributed by atoms with Crippen molar-refractivity contribution in [2.45, 2.75) is 20.8 Å². The Morgan fingerprint density at radius 1 is 1.04 bits per heavy atom. The predicted octanol–water partition coefficient (Wildman–Crippen LogP) is 3.63. The van der Waals surface area contributed by atoms with Crippen molar-refractivity contribution < 1.29 is 19.1 Å². The van der Waals surface area contributed by atoms with Crippen molar-refractivity contribution in [3.05, 3.63) is 58.1 Å². The van der Waals surface area contributed by atoms with Crippen LogP contribution in [0.1, 0.15) is 29.8 Å². The topological polar surface area (TPSA) is 76.7 Å². The van der Waals surface area contributed by atoms with Crippen LogP contribution in [0, 0.1) is 12.8 Å². The zero-order chi connectivity index (χ0) is 19.8. The van der Waals surface area contributed by atoms with Gasteiger partial charge in [-0.2, -0.15) is 0 Å². The van der Waals surface area contributed by atoms with Crippen molar-refractivity contribution in [2.24, 2.45) is 5.92 Å². The number of nitrogens with one attached hydrogen (secondary N) is 2. The quantitative estimate of drug-likeness (QED) is 0.652. The maximum absolute atomic E-state index is 12.4. The first-order valence-corrected chi connectivity index (χ1v) is 9.35. The fourth-order valence-corrected chi connectivity index (χ4v) is 2.44. The van der Waals surface area contributed by atoms with Crippen molar-refractivity contribution in [3.8, 4) is 11.5 Å². The van der Waals surface area contributed by atoms with Gasteiger partial charge in [0.05, 0.1) is 12.2 Å². The normalized spacial score (nSPS) is 10.4. The molecule has 0 spiro atoms. The summed E-state index contributed by atoms with van der Waals surface area (Å²) >= 11 is 3.34. The van der Waals surface area contributed by atoms with Gasteiger partial charge < -0.3 is 9.47 Å². The van der Waals surface area contributed by atoms with Crippen molar-refractivity contribution in [1.29, 1.82) is 0 Å². The maximum Gasteiger partial charge on any atom is 0.276 e. The average molecular weight is 435 g/mol. The summed E-state index contributed by atoms with van der Waals surface area (Å²) < 4.78 is 11.8. The Balaban J connectivity index is 1.89. The van der Waals surface area contributed by atoms with Crippen LogP contribution in [0.2, 0.25) is 0 Å². The highest BCUT2D eigenvalue weighted by Gasteiger charge is 2.15. The van der Waals surface area contributed by atoms with Crippen LogP contribution in [0.25, 0.3) is 0 Å². The summed E-state index contributed by atoms with van der Waals surface area (Å²) in [5.74, 6) is 0.415. The molecular weight excluding hydrogens is 412 g/mol. The molecular formula is C20H23BrN2O4. The molecule has 0 aromatic heterocycles. The lowest BCUT2D eigenvalue weighted by Crippen LogP contribution is -2.44. The second kappa shape index (κ2) is 9.97. The first kappa shape index (κ1) is 20.8. The van der Waals surface area contributed by atoms with Crippen molar-refractivity contribution in [3.63, 3.8) is 0 Å². The lowest BCUT2D eigenvalue weighted by Gasteiger charge is -2.14. The van der Waals surface area contributed by atoms with E-state index in [1.807, 2.05) is 32.9 Å². The van der Waals surface area contributed by atoms with E-state index in [0.29, 0.717) is 29.6 Å². The largest absolute Gasteiger partial charge is 0.492 e. The van der Waals surface area contributed by atoms with Gasteiger partial charge in [-0.1, -0.05) is 47.5 Å². The van der Waals surface area contributed by atoms with Crippen LogP contribution < -0.4 is 20.3 Å². The third kappa shape index (κ3) is 6.94. The summed E-state index contributed by atoms with van der Waals surface area (Å²) in [5.41, 5.74) is 6.14. The summed E-state index contributed by atoms with van der Waals surface area (Å²) in [6, 6.07) is 12.5. The molecule has 2 rings (SSSR count). The number of hydrogen-bond acceptors (Lipinski definition) is 4. The van der Waals surface area contributed by atoms with Gasteiger partial charge in [-0.3, -0.25) is 20.4 Å². The molecule has 0 radical (unpaired) electrons. The SMILES string of the molecule is Cc1ccc(OCC(=O)NNC(=O)c2cc(Br)ccc2OCC(C)C)cc1. The third-order valence-corrected chi connectivity index (χ3v) is 3.96. The standard InChI is InChI=1S/C20H23BrN2O4/c1-13(2)11-27-18-9-6-15(21)10-17(18)20(25)23-22-19(24)12-26-16-7-4-14(3)5-8-16/h4-10,13H,11-12H2,1-3H3,(H,22,24)(H,23,25). The summed E-state index contributed by atoms with van der Waals surface area (Å²) in [6.07, 6.45) is 0. The lowest BCUT2D eigenvalue weighted by atomic mass is 10.2. The fourth-order valence-electron chi connectivity index (χ4n) is 2.08. The van der Waals surface area contributed by atoms with Gasteiger partial charge >= 0.3 is 0 Å². The van der Waals surface area contributed by atoms with Gasteiger partial charge in [-0.25, -0.2) is 0 Å². The number of amides is 2. The van der Waals surface area contributed by atoms with E-state index in [2.05, 4.69) is 26.8 Å². The highest BCUT2D eigenvalue weighted by atomic mass is 79.9. The molecule has 0 aliphatic rings. The van der Waals surface area contributed by atoms with Crippen LogP contribution >= 0.6 is 15.9 Å². The van der Waals surface area contributed by atoms with E-state index in [9.17, 15) is 9.59 Å². The molecule has 6 nitrogen and oxygen atoms in total. The summed E-state index contributed by atoms with van der Waals surface area (Å²) in [6.45, 7) is 6.28. The Hall–Kier alpha value is -2.54. The highest BCUT2D eigenvalue weighted by molar-refractivity contribution is 9.10. The monoisotopic (exact) mass is 434 g/mol. The van der Waals surface area contributed by atoms with Gasteiger partial charge in [-0.15, -0.1) is 0 Å². The number of carbonyl (C=O) groups is 2. The molecule has 0 aliphatic carbocycles. The molecule has 0 bridgehead atoms. The Morgan fingerprint density at radius 2 is 1.74 bits per heavy atom. The molecule has 2 N–H and O–H groups in total. The minimum absolute atomic E-state index is 0.210. The predicted molar refractivity (Wildman–Crippen MR) is 107 cm³/mol. The first-order chi connectivity index (χ1) is 12.8. The molecule has 7 heteroatoms. The van der Waals surface area contributed by atoms with Gasteiger partial charge in [-0.05, 0) is 43.2 Å². The fraction of sp³-hybridized carbons (Fsp3) is 0.300. The Labute approximate surface area is 167 Å². The smallest absolute Gasteiger partial charge is 0.276 e. The van der Waals surface area contributed by atoms with E-state index in [1.54, 1.807) is 30.3 Å². The molecule has 2 aromatic carbocycles. The van der Waals surface area contributed by atoms with Gasteiger partial charge in [0.1, 0.15) is 11.5 Å². The van der Waals surface area contributed by atoms with Gasteiger partial charge in [0.25, 0.3) is 11.8 Å². The Morgan fingerprint density at radius 3 is 2.41 bits per heavy atom. The van der Waals surface area contributed by atoms with Crippen molar-refractivity contribution in [1.82, 2.24) is 10.9 Å². The maximum atomic E-state index is 12.4. The molecule has 0 saturated heterocycles. The summed E-state index contributed by atoms with van der Waals surface area (Å²) in [7, 11) is 0. The first-order valence-electron chi connectivity index (χ1n) is 8.56. The molecule has 144 valence electrons. The number of benzene rings is 2. The summed E-state index contributed by atoms with van der Waals surface area (Å²) in [4.78, 5) is 24.3. The van der Waals surface area contributed by atoms with Crippen LogP contribution in [0.15, 0.2) is 46.9 Å². The highest BCUT2D eigenvalue weighted by Crippen LogP contribution is 2.23. The molecule has 0 unspecified atom stereocenters. The van der Waals surface area contributed by atoms with E-state index in [0.717, 1.165) is 10.0 Å².